The lowest BCUT2D eigenvalue weighted by Gasteiger charge is -2.03. The fourth-order valence-electron chi connectivity index (χ4n) is 2.49. The molecule has 0 unspecified atom stereocenters. The average Bonchev–Trinajstić information content (AvgIpc) is 3.22. The van der Waals surface area contributed by atoms with Crippen LogP contribution in [0, 0.1) is 0 Å². The van der Waals surface area contributed by atoms with Crippen LogP contribution in [0.1, 0.15) is 5.56 Å². The number of pyridine rings is 1. The van der Waals surface area contributed by atoms with Gasteiger partial charge in [-0.25, -0.2) is 8.42 Å². The van der Waals surface area contributed by atoms with Crippen molar-refractivity contribution in [1.29, 1.82) is 0 Å². The first-order valence-corrected chi connectivity index (χ1v) is 10.3. The van der Waals surface area contributed by atoms with E-state index in [0.29, 0.717) is 11.6 Å². The van der Waals surface area contributed by atoms with Gasteiger partial charge < -0.3 is 0 Å². The third-order valence-electron chi connectivity index (χ3n) is 3.69. The molecular weight excluding hydrogens is 392 g/mol. The molecule has 1 N–H and O–H groups in total. The van der Waals surface area contributed by atoms with Gasteiger partial charge in [-0.05, 0) is 47.3 Å². The molecule has 0 saturated carbocycles. The molecule has 4 aromatic rings. The Labute approximate surface area is 159 Å². The van der Waals surface area contributed by atoms with Crippen LogP contribution in [0.25, 0.3) is 10.1 Å². The summed E-state index contributed by atoms with van der Waals surface area (Å²) < 4.78 is 30.5. The van der Waals surface area contributed by atoms with Gasteiger partial charge in [-0.3, -0.25) is 14.4 Å². The summed E-state index contributed by atoms with van der Waals surface area (Å²) in [6, 6.07) is 12.3. The summed E-state index contributed by atoms with van der Waals surface area (Å²) in [5.41, 5.74) is 1.03. The zero-order valence-electron chi connectivity index (χ0n) is 13.3. The number of hydrogen-bond acceptors (Lipinski definition) is 5. The Kier molecular flexibility index (Phi) is 4.39. The Bertz CT molecular complexity index is 1170. The monoisotopic (exact) mass is 404 g/mol. The molecule has 0 aliphatic rings. The summed E-state index contributed by atoms with van der Waals surface area (Å²) in [5.74, 6) is 0.273. The SMILES string of the molecule is O=S(=O)(Nc1ccn(Cc2ccncc2)n1)c1cc2cc(Cl)ccc2s1. The molecule has 0 atom stereocenters. The minimum absolute atomic E-state index is 0.221. The molecule has 1 aromatic carbocycles. The van der Waals surface area contributed by atoms with Gasteiger partial charge in [0.25, 0.3) is 10.0 Å². The van der Waals surface area contributed by atoms with Crippen LogP contribution in [0.5, 0.6) is 0 Å². The molecule has 0 bridgehead atoms. The summed E-state index contributed by atoms with van der Waals surface area (Å²) in [4.78, 5) is 3.97. The van der Waals surface area contributed by atoms with Gasteiger partial charge in [0, 0.05) is 34.4 Å². The number of fused-ring (bicyclic) bond motifs is 1. The lowest BCUT2D eigenvalue weighted by Crippen LogP contribution is -2.12. The second kappa shape index (κ2) is 6.71. The molecule has 0 fully saturated rings. The van der Waals surface area contributed by atoms with Crippen molar-refractivity contribution in [2.75, 3.05) is 4.72 Å². The molecule has 0 aliphatic carbocycles. The van der Waals surface area contributed by atoms with Crippen LogP contribution in [-0.4, -0.2) is 23.2 Å². The highest BCUT2D eigenvalue weighted by molar-refractivity contribution is 7.94. The van der Waals surface area contributed by atoms with Gasteiger partial charge in [0.1, 0.15) is 4.21 Å². The van der Waals surface area contributed by atoms with Crippen molar-refractivity contribution in [3.05, 3.63) is 71.6 Å². The summed E-state index contributed by atoms with van der Waals surface area (Å²) in [6.07, 6.45) is 5.13. The highest BCUT2D eigenvalue weighted by Gasteiger charge is 2.19. The topological polar surface area (TPSA) is 76.9 Å². The molecule has 0 saturated heterocycles. The number of hydrogen-bond donors (Lipinski definition) is 1. The normalized spacial score (nSPS) is 11.7. The van der Waals surface area contributed by atoms with Gasteiger partial charge in [0.2, 0.25) is 0 Å². The molecule has 26 heavy (non-hydrogen) atoms. The Morgan fingerprint density at radius 2 is 1.92 bits per heavy atom. The van der Waals surface area contributed by atoms with Crippen LogP contribution in [0.3, 0.4) is 0 Å². The highest BCUT2D eigenvalue weighted by Crippen LogP contribution is 2.31. The predicted molar refractivity (Wildman–Crippen MR) is 103 cm³/mol. The predicted octanol–water partition coefficient (Wildman–Crippen LogP) is 4.00. The number of anilines is 1. The van der Waals surface area contributed by atoms with Crippen molar-refractivity contribution < 1.29 is 8.42 Å². The van der Waals surface area contributed by atoms with Gasteiger partial charge >= 0.3 is 0 Å². The Morgan fingerprint density at radius 3 is 2.73 bits per heavy atom. The second-order valence-electron chi connectivity index (χ2n) is 5.61. The van der Waals surface area contributed by atoms with Crippen molar-refractivity contribution >= 4 is 48.9 Å². The minimum atomic E-state index is -3.71. The van der Waals surface area contributed by atoms with E-state index in [1.807, 2.05) is 18.2 Å². The first-order chi connectivity index (χ1) is 12.5. The fraction of sp³-hybridized carbons (Fsp3) is 0.0588. The molecular formula is C17H13ClN4O2S2. The molecule has 9 heteroatoms. The number of rotatable bonds is 5. The van der Waals surface area contributed by atoms with Gasteiger partial charge in [-0.15, -0.1) is 11.3 Å². The maximum atomic E-state index is 12.6. The second-order valence-corrected chi connectivity index (χ2v) is 9.04. The minimum Gasteiger partial charge on any atom is -0.266 e. The summed E-state index contributed by atoms with van der Waals surface area (Å²) in [7, 11) is -3.71. The molecule has 6 nitrogen and oxygen atoms in total. The van der Waals surface area contributed by atoms with E-state index < -0.39 is 10.0 Å². The van der Waals surface area contributed by atoms with Gasteiger partial charge in [-0.2, -0.15) is 5.10 Å². The van der Waals surface area contributed by atoms with Crippen LogP contribution in [-0.2, 0) is 16.6 Å². The number of benzene rings is 1. The molecule has 0 spiro atoms. The van der Waals surface area contributed by atoms with Gasteiger partial charge in [0.15, 0.2) is 5.82 Å². The van der Waals surface area contributed by atoms with Gasteiger partial charge in [-0.1, -0.05) is 11.6 Å². The average molecular weight is 405 g/mol. The van der Waals surface area contributed by atoms with Crippen LogP contribution >= 0.6 is 22.9 Å². The third-order valence-corrected chi connectivity index (χ3v) is 6.87. The fourth-order valence-corrected chi connectivity index (χ4v) is 5.04. The molecule has 0 radical (unpaired) electrons. The molecule has 0 amide bonds. The van der Waals surface area contributed by atoms with Crippen molar-refractivity contribution in [1.82, 2.24) is 14.8 Å². The standard InChI is InChI=1S/C17H13ClN4O2S2/c18-14-1-2-15-13(9-14)10-17(25-15)26(23,24)21-16-5-8-22(20-16)11-12-3-6-19-7-4-12/h1-10H,11H2,(H,20,21). The van der Waals surface area contributed by atoms with E-state index in [9.17, 15) is 8.42 Å². The zero-order chi connectivity index (χ0) is 18.1. The first-order valence-electron chi connectivity index (χ1n) is 7.64. The van der Waals surface area contributed by atoms with Crippen molar-refractivity contribution in [3.63, 3.8) is 0 Å². The van der Waals surface area contributed by atoms with Crippen molar-refractivity contribution in [2.45, 2.75) is 10.8 Å². The summed E-state index contributed by atoms with van der Waals surface area (Å²) in [6.45, 7) is 0.533. The maximum absolute atomic E-state index is 12.6. The number of halogens is 1. The van der Waals surface area contributed by atoms with E-state index in [4.69, 9.17) is 11.6 Å². The van der Waals surface area contributed by atoms with E-state index in [0.717, 1.165) is 15.6 Å². The van der Waals surface area contributed by atoms with Crippen LogP contribution < -0.4 is 4.72 Å². The van der Waals surface area contributed by atoms with Crippen LogP contribution in [0.15, 0.2) is 65.3 Å². The molecule has 0 aliphatic heterocycles. The number of sulfonamides is 1. The third kappa shape index (κ3) is 3.57. The number of aromatic nitrogens is 3. The van der Waals surface area contributed by atoms with E-state index >= 15 is 0 Å². The number of nitrogens with one attached hydrogen (secondary N) is 1. The Morgan fingerprint density at radius 1 is 1.12 bits per heavy atom. The Balaban J connectivity index is 1.55. The largest absolute Gasteiger partial charge is 0.272 e. The summed E-state index contributed by atoms with van der Waals surface area (Å²) in [5, 5.41) is 5.64. The molecule has 4 rings (SSSR count). The lowest BCUT2D eigenvalue weighted by molar-refractivity contribution is 0.602. The molecule has 3 aromatic heterocycles. The van der Waals surface area contributed by atoms with Crippen molar-refractivity contribution in [3.8, 4) is 0 Å². The van der Waals surface area contributed by atoms with Gasteiger partial charge in [0.05, 0.1) is 6.54 Å². The zero-order valence-corrected chi connectivity index (χ0v) is 15.7. The number of thiophene rings is 1. The van der Waals surface area contributed by atoms with E-state index in [1.54, 1.807) is 47.5 Å². The first kappa shape index (κ1) is 17.0. The van der Waals surface area contributed by atoms with E-state index in [-0.39, 0.29) is 10.0 Å². The maximum Gasteiger partial charge on any atom is 0.272 e. The van der Waals surface area contributed by atoms with E-state index in [2.05, 4.69) is 14.8 Å². The van der Waals surface area contributed by atoms with Crippen molar-refractivity contribution in [2.24, 2.45) is 0 Å². The quantitative estimate of drug-likeness (QED) is 0.545. The smallest absolute Gasteiger partial charge is 0.266 e. The lowest BCUT2D eigenvalue weighted by atomic mass is 10.3. The Hall–Kier alpha value is -2.42. The number of nitrogens with zero attached hydrogens (tertiary/aromatic N) is 3. The van der Waals surface area contributed by atoms with Crippen LogP contribution in [0.2, 0.25) is 5.02 Å². The summed E-state index contributed by atoms with van der Waals surface area (Å²) >= 11 is 7.16. The molecule has 3 heterocycles. The molecule has 132 valence electrons. The van der Waals surface area contributed by atoms with Crippen LogP contribution in [0.4, 0.5) is 5.82 Å². The highest BCUT2D eigenvalue weighted by atomic mass is 35.5. The van der Waals surface area contributed by atoms with E-state index in [1.165, 1.54) is 11.3 Å².